The molecule has 0 saturated heterocycles. The topological polar surface area (TPSA) is 83.1 Å². The Bertz CT molecular complexity index is 524. The molecule has 1 aromatic rings. The van der Waals surface area contributed by atoms with Gasteiger partial charge in [0.1, 0.15) is 4.90 Å². The fraction of sp³-hybridized carbons (Fsp3) is 0.556. The highest BCUT2D eigenvalue weighted by Gasteiger charge is 2.28. The second-order valence-corrected chi connectivity index (χ2v) is 6.19. The van der Waals surface area contributed by atoms with E-state index in [0.717, 1.165) is 6.42 Å². The van der Waals surface area contributed by atoms with E-state index in [4.69, 9.17) is 10.7 Å². The first-order valence-corrected chi connectivity index (χ1v) is 7.35. The first kappa shape index (κ1) is 14.0. The lowest BCUT2D eigenvalue weighted by atomic mass is 10.3. The molecule has 0 saturated carbocycles. The van der Waals surface area contributed by atoms with Crippen LogP contribution in [0.1, 0.15) is 29.5 Å². The molecule has 0 atom stereocenters. The number of nitrogens with one attached hydrogen (secondary N) is 1. The molecule has 6 nitrogen and oxygen atoms in total. The van der Waals surface area contributed by atoms with E-state index in [2.05, 4.69) is 10.2 Å². The molecule has 8 heteroatoms. The fourth-order valence-corrected chi connectivity index (χ4v) is 2.82. The fourth-order valence-electron chi connectivity index (χ4n) is 1.48. The van der Waals surface area contributed by atoms with Crippen LogP contribution in [0.5, 0.6) is 0 Å². The van der Waals surface area contributed by atoms with Crippen molar-refractivity contribution in [2.75, 3.05) is 13.6 Å². The number of halogens is 1. The molecule has 0 aromatic carbocycles. The number of hydrogen-bond acceptors (Lipinski definition) is 4. The van der Waals surface area contributed by atoms with E-state index < -0.39 is 15.0 Å². The van der Waals surface area contributed by atoms with E-state index in [1.54, 1.807) is 7.05 Å². The van der Waals surface area contributed by atoms with Gasteiger partial charge in [0.15, 0.2) is 5.69 Å². The number of aromatic nitrogens is 2. The minimum Gasteiger partial charge on any atom is -0.340 e. The van der Waals surface area contributed by atoms with Gasteiger partial charge in [-0.15, -0.1) is 0 Å². The highest BCUT2D eigenvalue weighted by Crippen LogP contribution is 2.22. The number of carbonyl (C=O) groups is 1. The highest BCUT2D eigenvalue weighted by molar-refractivity contribution is 8.13. The van der Waals surface area contributed by atoms with Gasteiger partial charge in [0.05, 0.1) is 5.69 Å². The van der Waals surface area contributed by atoms with Gasteiger partial charge in [-0.05, 0) is 13.3 Å². The predicted octanol–water partition coefficient (Wildman–Crippen LogP) is 1.13. The monoisotopic (exact) mass is 279 g/mol. The van der Waals surface area contributed by atoms with Crippen LogP contribution in [-0.2, 0) is 9.05 Å². The van der Waals surface area contributed by atoms with Crippen molar-refractivity contribution in [1.29, 1.82) is 0 Å². The van der Waals surface area contributed by atoms with Gasteiger partial charge in [-0.1, -0.05) is 6.92 Å². The van der Waals surface area contributed by atoms with E-state index in [1.807, 2.05) is 6.92 Å². The quantitative estimate of drug-likeness (QED) is 0.838. The first-order chi connectivity index (χ1) is 7.79. The van der Waals surface area contributed by atoms with Crippen LogP contribution in [0.25, 0.3) is 0 Å². The van der Waals surface area contributed by atoms with Crippen LogP contribution in [-0.4, -0.2) is 43.0 Å². The van der Waals surface area contributed by atoms with E-state index in [0.29, 0.717) is 6.54 Å². The number of nitrogens with zero attached hydrogens (tertiary/aromatic N) is 2. The summed E-state index contributed by atoms with van der Waals surface area (Å²) in [5.41, 5.74) is 0.0988. The van der Waals surface area contributed by atoms with Crippen LogP contribution in [0.2, 0.25) is 0 Å². The molecule has 0 aliphatic rings. The summed E-state index contributed by atoms with van der Waals surface area (Å²) in [7, 11) is 2.88. The maximum absolute atomic E-state index is 11.9. The molecule has 0 spiro atoms. The van der Waals surface area contributed by atoms with Gasteiger partial charge in [0.25, 0.3) is 15.0 Å². The van der Waals surface area contributed by atoms with Crippen LogP contribution in [0.15, 0.2) is 4.90 Å². The van der Waals surface area contributed by atoms with Crippen LogP contribution in [0, 0.1) is 6.92 Å². The van der Waals surface area contributed by atoms with Crippen LogP contribution in [0.4, 0.5) is 0 Å². The standard InChI is InChI=1S/C9H14ClN3O3S/c1-4-5-13(3)9(14)7-8(17(10,15)16)6(2)11-12-7/h4-5H2,1-3H3,(H,11,12). The molecule has 0 fully saturated rings. The van der Waals surface area contributed by atoms with Gasteiger partial charge < -0.3 is 4.90 Å². The lowest BCUT2D eigenvalue weighted by Gasteiger charge is -2.14. The van der Waals surface area contributed by atoms with Crippen LogP contribution in [0.3, 0.4) is 0 Å². The Morgan fingerprint density at radius 1 is 1.53 bits per heavy atom. The molecule has 0 bridgehead atoms. The summed E-state index contributed by atoms with van der Waals surface area (Å²) in [5.74, 6) is -0.463. The Kier molecular flexibility index (Phi) is 4.16. The van der Waals surface area contributed by atoms with Gasteiger partial charge >= 0.3 is 0 Å². The molecular weight excluding hydrogens is 266 g/mol. The van der Waals surface area contributed by atoms with Gasteiger partial charge in [0.2, 0.25) is 0 Å². The van der Waals surface area contributed by atoms with Crippen molar-refractivity contribution < 1.29 is 13.2 Å². The van der Waals surface area contributed by atoms with Gasteiger partial charge in [-0.3, -0.25) is 9.89 Å². The zero-order valence-corrected chi connectivity index (χ0v) is 11.4. The Hall–Kier alpha value is -1.08. The minimum atomic E-state index is -3.98. The molecule has 1 amide bonds. The van der Waals surface area contributed by atoms with Gasteiger partial charge in [-0.25, -0.2) is 8.42 Å². The van der Waals surface area contributed by atoms with Crippen molar-refractivity contribution in [2.45, 2.75) is 25.2 Å². The molecule has 0 radical (unpaired) electrons. The average molecular weight is 280 g/mol. The normalized spacial score (nSPS) is 11.5. The molecule has 1 rings (SSSR count). The molecule has 0 aliphatic carbocycles. The number of carbonyl (C=O) groups excluding carboxylic acids is 1. The number of aryl methyl sites for hydroxylation is 1. The van der Waals surface area contributed by atoms with Crippen molar-refractivity contribution in [1.82, 2.24) is 15.1 Å². The number of rotatable bonds is 4. The second kappa shape index (κ2) is 5.05. The second-order valence-electron chi connectivity index (χ2n) is 3.69. The zero-order valence-electron chi connectivity index (χ0n) is 9.82. The SMILES string of the molecule is CCCN(C)C(=O)c1n[nH]c(C)c1S(=O)(=O)Cl. The minimum absolute atomic E-state index is 0.159. The summed E-state index contributed by atoms with van der Waals surface area (Å²) >= 11 is 0. The predicted molar refractivity (Wildman–Crippen MR) is 63.6 cm³/mol. The maximum atomic E-state index is 11.9. The number of hydrogen-bond donors (Lipinski definition) is 1. The number of aromatic amines is 1. The summed E-state index contributed by atoms with van der Waals surface area (Å²) in [5, 5.41) is 6.17. The van der Waals surface area contributed by atoms with E-state index in [1.165, 1.54) is 11.8 Å². The van der Waals surface area contributed by atoms with Crippen molar-refractivity contribution in [3.05, 3.63) is 11.4 Å². The highest BCUT2D eigenvalue weighted by atomic mass is 35.7. The average Bonchev–Trinajstić information content (AvgIpc) is 2.58. The lowest BCUT2D eigenvalue weighted by Crippen LogP contribution is -2.28. The Morgan fingerprint density at radius 2 is 2.12 bits per heavy atom. The molecule has 1 aromatic heterocycles. The third-order valence-electron chi connectivity index (χ3n) is 2.24. The molecule has 1 heterocycles. The van der Waals surface area contributed by atoms with Crippen molar-refractivity contribution in [3.8, 4) is 0 Å². The third-order valence-corrected chi connectivity index (χ3v) is 3.69. The molecular formula is C9H14ClN3O3S. The number of amides is 1. The largest absolute Gasteiger partial charge is 0.340 e. The summed E-state index contributed by atoms with van der Waals surface area (Å²) < 4.78 is 22.7. The summed E-state index contributed by atoms with van der Waals surface area (Å²) in [6.07, 6.45) is 0.772. The van der Waals surface area contributed by atoms with Crippen molar-refractivity contribution in [3.63, 3.8) is 0 Å². The van der Waals surface area contributed by atoms with E-state index in [-0.39, 0.29) is 16.3 Å². The molecule has 17 heavy (non-hydrogen) atoms. The van der Waals surface area contributed by atoms with E-state index in [9.17, 15) is 13.2 Å². The third kappa shape index (κ3) is 2.98. The van der Waals surface area contributed by atoms with Crippen molar-refractivity contribution >= 4 is 25.6 Å². The van der Waals surface area contributed by atoms with Crippen LogP contribution < -0.4 is 0 Å². The first-order valence-electron chi connectivity index (χ1n) is 5.04. The summed E-state index contributed by atoms with van der Waals surface area (Å²) in [4.78, 5) is 13.1. The molecule has 96 valence electrons. The molecule has 0 aliphatic heterocycles. The molecule has 1 N–H and O–H groups in total. The Morgan fingerprint density at radius 3 is 2.59 bits per heavy atom. The van der Waals surface area contributed by atoms with Gasteiger partial charge in [0, 0.05) is 24.3 Å². The van der Waals surface area contributed by atoms with Crippen molar-refractivity contribution in [2.24, 2.45) is 0 Å². The maximum Gasteiger partial charge on any atom is 0.275 e. The summed E-state index contributed by atoms with van der Waals surface area (Å²) in [6.45, 7) is 3.93. The Balaban J connectivity index is 3.21. The number of H-pyrrole nitrogens is 1. The van der Waals surface area contributed by atoms with Gasteiger partial charge in [-0.2, -0.15) is 5.10 Å². The Labute approximate surface area is 104 Å². The van der Waals surface area contributed by atoms with Crippen LogP contribution >= 0.6 is 10.7 Å². The van der Waals surface area contributed by atoms with E-state index >= 15 is 0 Å². The molecule has 0 unspecified atom stereocenters. The smallest absolute Gasteiger partial charge is 0.275 e. The lowest BCUT2D eigenvalue weighted by molar-refractivity contribution is 0.0785. The zero-order chi connectivity index (χ0) is 13.2. The summed E-state index contributed by atoms with van der Waals surface area (Å²) in [6, 6.07) is 0.